The maximum Gasteiger partial charge on any atom is 0.102 e. The zero-order chi connectivity index (χ0) is 41.8. The van der Waals surface area contributed by atoms with Crippen LogP contribution >= 0.6 is 0 Å². The van der Waals surface area contributed by atoms with E-state index in [0.29, 0.717) is 5.56 Å². The van der Waals surface area contributed by atoms with Crippen LogP contribution in [0.25, 0.3) is 88.8 Å². The molecule has 0 radical (unpaired) electrons. The van der Waals surface area contributed by atoms with Crippen molar-refractivity contribution in [2.75, 3.05) is 0 Å². The van der Waals surface area contributed by atoms with Crippen LogP contribution < -0.4 is 0 Å². The summed E-state index contributed by atoms with van der Waals surface area (Å²) in [7, 11) is 0. The molecule has 0 saturated carbocycles. The number of rotatable bonds is 4. The molecule has 0 N–H and O–H groups in total. The van der Waals surface area contributed by atoms with E-state index in [-0.39, 0.29) is 5.92 Å². The molecule has 1 atom stereocenters. The lowest BCUT2D eigenvalue weighted by Crippen LogP contribution is -2.18. The van der Waals surface area contributed by atoms with Gasteiger partial charge in [-0.3, -0.25) is 0 Å². The van der Waals surface area contributed by atoms with Crippen molar-refractivity contribution in [1.29, 1.82) is 5.26 Å². The van der Waals surface area contributed by atoms with E-state index >= 15 is 0 Å². The van der Waals surface area contributed by atoms with Crippen molar-refractivity contribution < 1.29 is 0 Å². The van der Waals surface area contributed by atoms with Gasteiger partial charge in [-0.25, -0.2) is 0 Å². The number of aryl methyl sites for hydroxylation is 2. The van der Waals surface area contributed by atoms with Gasteiger partial charge < -0.3 is 13.7 Å². The maximum atomic E-state index is 12.4. The number of aromatic nitrogens is 3. The molecule has 2 aliphatic carbocycles. The molecule has 4 heteroatoms. The second kappa shape index (κ2) is 13.8. The summed E-state index contributed by atoms with van der Waals surface area (Å²) in [6.07, 6.45) is 8.35. The predicted molar refractivity (Wildman–Crippen MR) is 261 cm³/mol. The highest BCUT2D eigenvalue weighted by Gasteiger charge is 2.36. The van der Waals surface area contributed by atoms with Crippen LogP contribution in [0.4, 0.5) is 0 Å². The van der Waals surface area contributed by atoms with Crippen molar-refractivity contribution in [2.45, 2.75) is 38.5 Å². The van der Waals surface area contributed by atoms with Crippen LogP contribution in [-0.4, -0.2) is 13.7 Å². The Morgan fingerprint density at radius 2 is 0.984 bits per heavy atom. The van der Waals surface area contributed by atoms with E-state index in [1.165, 1.54) is 60.4 Å². The lowest BCUT2D eigenvalue weighted by Gasteiger charge is -2.31. The van der Waals surface area contributed by atoms with Crippen molar-refractivity contribution >= 4 is 60.6 Å². The fraction of sp³-hybridized carbons (Fsp3) is 0.102. The molecule has 0 bridgehead atoms. The molecule has 0 amide bonds. The third kappa shape index (κ3) is 5.02. The van der Waals surface area contributed by atoms with Gasteiger partial charge in [0, 0.05) is 44.1 Å². The van der Waals surface area contributed by atoms with Crippen LogP contribution in [0, 0.1) is 18.3 Å². The minimum Gasteiger partial charge on any atom is -0.309 e. The van der Waals surface area contributed by atoms with E-state index in [1.807, 2.05) is 0 Å². The van der Waals surface area contributed by atoms with Gasteiger partial charge in [0.05, 0.1) is 50.2 Å². The number of hydrogen-bond acceptors (Lipinski definition) is 1. The van der Waals surface area contributed by atoms with Crippen molar-refractivity contribution in [3.8, 4) is 34.3 Å². The molecule has 0 saturated heterocycles. The zero-order valence-corrected chi connectivity index (χ0v) is 35.0. The second-order valence-electron chi connectivity index (χ2n) is 17.3. The molecule has 0 fully saturated rings. The Balaban J connectivity index is 1.30. The molecule has 0 aliphatic heterocycles. The first kappa shape index (κ1) is 35.8. The third-order valence-electron chi connectivity index (χ3n) is 14.2. The Hall–Kier alpha value is -7.87. The van der Waals surface area contributed by atoms with E-state index in [4.69, 9.17) is 0 Å². The van der Waals surface area contributed by atoms with Gasteiger partial charge in [0.2, 0.25) is 0 Å². The van der Waals surface area contributed by atoms with E-state index in [0.717, 1.165) is 81.5 Å². The average molecular weight is 807 g/mol. The summed E-state index contributed by atoms with van der Waals surface area (Å²) in [6.45, 7) is 2.33. The molecule has 13 rings (SSSR count). The summed E-state index contributed by atoms with van der Waals surface area (Å²) in [5.41, 5.74) is 19.2. The summed E-state index contributed by atoms with van der Waals surface area (Å²) in [6, 6.07) is 64.9. The number of nitrogens with zero attached hydrogens (tertiary/aromatic N) is 4. The Bertz CT molecular complexity index is 3680. The Kier molecular flexibility index (Phi) is 7.87. The lowest BCUT2D eigenvalue weighted by atomic mass is 9.80. The quantitative estimate of drug-likeness (QED) is 0.175. The van der Waals surface area contributed by atoms with Gasteiger partial charge in [-0.05, 0) is 102 Å². The Labute approximate surface area is 365 Å². The number of para-hydroxylation sites is 5. The first-order valence-electron chi connectivity index (χ1n) is 22.3. The number of fused-ring (bicyclic) bond motifs is 12. The minimum atomic E-state index is -0.104. The van der Waals surface area contributed by atoms with Crippen LogP contribution in [-0.2, 0) is 12.8 Å². The fourth-order valence-corrected chi connectivity index (χ4v) is 11.6. The van der Waals surface area contributed by atoms with E-state index in [2.05, 4.69) is 209 Å². The molecular formula is C59H42N4. The monoisotopic (exact) mass is 806 g/mol. The second-order valence-corrected chi connectivity index (χ2v) is 17.3. The first-order chi connectivity index (χ1) is 31.2. The van der Waals surface area contributed by atoms with Gasteiger partial charge in [0.25, 0.3) is 0 Å². The van der Waals surface area contributed by atoms with Gasteiger partial charge >= 0.3 is 0 Å². The molecule has 3 aromatic heterocycles. The number of nitriles is 1. The molecule has 4 nitrogen and oxygen atoms in total. The number of hydrogen-bond donors (Lipinski definition) is 0. The third-order valence-corrected chi connectivity index (χ3v) is 14.2. The van der Waals surface area contributed by atoms with Crippen LogP contribution in [0.5, 0.6) is 0 Å². The molecular weight excluding hydrogens is 765 g/mol. The van der Waals surface area contributed by atoms with Crippen LogP contribution in [0.1, 0.15) is 57.8 Å². The van der Waals surface area contributed by atoms with Gasteiger partial charge in [0.15, 0.2) is 0 Å². The van der Waals surface area contributed by atoms with Gasteiger partial charge in [0.1, 0.15) is 6.07 Å². The smallest absolute Gasteiger partial charge is 0.102 e. The number of benzene rings is 8. The van der Waals surface area contributed by atoms with E-state index in [9.17, 15) is 5.26 Å². The van der Waals surface area contributed by atoms with Crippen molar-refractivity contribution in [1.82, 2.24) is 13.7 Å². The number of allylic oxidation sites excluding steroid dienone is 1. The summed E-state index contributed by atoms with van der Waals surface area (Å²) in [5.74, 6) is -0.104. The molecule has 11 aromatic rings. The molecule has 0 spiro atoms. The summed E-state index contributed by atoms with van der Waals surface area (Å²) in [5, 5.41) is 18.4. The SMILES string of the molecule is Cc1c(-n2c3c(c4ccccc42)CCC=C3)c(-n2c3ccccc3c3ccccc32)c(C#N)c(C2CCc3ccccc3-c3ccccc32)c1-n1c2ccccc2c2ccccc21. The van der Waals surface area contributed by atoms with Gasteiger partial charge in [-0.2, -0.15) is 5.26 Å². The highest BCUT2D eigenvalue weighted by Crippen LogP contribution is 2.51. The summed E-state index contributed by atoms with van der Waals surface area (Å²) < 4.78 is 7.44. The molecule has 8 aromatic carbocycles. The van der Waals surface area contributed by atoms with Crippen LogP contribution in [0.3, 0.4) is 0 Å². The van der Waals surface area contributed by atoms with Crippen LogP contribution in [0.2, 0.25) is 0 Å². The zero-order valence-electron chi connectivity index (χ0n) is 35.0. The highest BCUT2D eigenvalue weighted by atomic mass is 15.1. The molecule has 1 unspecified atom stereocenters. The average Bonchev–Trinajstić information content (AvgIpc) is 3.93. The maximum absolute atomic E-state index is 12.4. The molecule has 2 aliphatic rings. The molecule has 63 heavy (non-hydrogen) atoms. The van der Waals surface area contributed by atoms with Crippen molar-refractivity contribution in [3.05, 3.63) is 215 Å². The van der Waals surface area contributed by atoms with E-state index in [1.54, 1.807) is 0 Å². The highest BCUT2D eigenvalue weighted by molar-refractivity contribution is 6.12. The van der Waals surface area contributed by atoms with Gasteiger partial charge in [-0.1, -0.05) is 146 Å². The topological polar surface area (TPSA) is 38.6 Å². The predicted octanol–water partition coefficient (Wildman–Crippen LogP) is 14.7. The van der Waals surface area contributed by atoms with Gasteiger partial charge in [-0.15, -0.1) is 0 Å². The van der Waals surface area contributed by atoms with Crippen molar-refractivity contribution in [2.24, 2.45) is 0 Å². The summed E-state index contributed by atoms with van der Waals surface area (Å²) in [4.78, 5) is 0. The standard InChI is InChI=1S/C59H42N4/c1-37-57(61-50-28-12-6-22-42(50)43-23-7-13-29-51(43)61)56(48-35-34-38-18-2-3-19-39(38)40-20-4-5-21-41(40)48)49(36-60)59(63-54-32-16-10-26-46(54)47-27-11-17-33-55(47)63)58(37)62-52-30-14-8-24-44(52)45-25-9-15-31-53(45)62/h2-8,10-24,26-33,48H,9,25,34-35H2,1H3. The fourth-order valence-electron chi connectivity index (χ4n) is 11.6. The van der Waals surface area contributed by atoms with E-state index < -0.39 is 0 Å². The summed E-state index contributed by atoms with van der Waals surface area (Å²) >= 11 is 0. The van der Waals surface area contributed by atoms with Crippen LogP contribution in [0.15, 0.2) is 176 Å². The Morgan fingerprint density at radius 1 is 0.492 bits per heavy atom. The van der Waals surface area contributed by atoms with Crippen molar-refractivity contribution in [3.63, 3.8) is 0 Å². The first-order valence-corrected chi connectivity index (χ1v) is 22.3. The normalized spacial score (nSPS) is 14.6. The molecule has 298 valence electrons. The molecule has 3 heterocycles. The largest absolute Gasteiger partial charge is 0.309 e. The Morgan fingerprint density at radius 3 is 1.59 bits per heavy atom. The lowest BCUT2D eigenvalue weighted by molar-refractivity contribution is 0.717. The minimum absolute atomic E-state index is 0.104.